The van der Waals surface area contributed by atoms with Crippen LogP contribution in [-0.4, -0.2) is 38.9 Å². The van der Waals surface area contributed by atoms with Crippen LogP contribution in [0.3, 0.4) is 0 Å². The lowest BCUT2D eigenvalue weighted by Gasteiger charge is -2.37. The van der Waals surface area contributed by atoms with Gasteiger partial charge in [-0.1, -0.05) is 31.5 Å². The van der Waals surface area contributed by atoms with Crippen molar-refractivity contribution in [2.75, 3.05) is 20.1 Å². The van der Waals surface area contributed by atoms with Gasteiger partial charge in [-0.2, -0.15) is 4.31 Å². The molecule has 2 rings (SSSR count). The van der Waals surface area contributed by atoms with Crippen molar-refractivity contribution in [3.63, 3.8) is 0 Å². The zero-order valence-electron chi connectivity index (χ0n) is 11.5. The first-order valence-corrected chi connectivity index (χ1v) is 8.26. The SMILES string of the molecule is CCC1CN(S(=O)(=O)c2ccccc2)CCC1NC. The summed E-state index contributed by atoms with van der Waals surface area (Å²) in [5.41, 5.74) is 0. The summed E-state index contributed by atoms with van der Waals surface area (Å²) in [4.78, 5) is 0.396. The minimum Gasteiger partial charge on any atom is -0.317 e. The zero-order valence-corrected chi connectivity index (χ0v) is 12.4. The van der Waals surface area contributed by atoms with E-state index in [4.69, 9.17) is 0 Å². The minimum atomic E-state index is -3.33. The lowest BCUT2D eigenvalue weighted by Crippen LogP contribution is -2.49. The third-order valence-corrected chi connectivity index (χ3v) is 5.85. The van der Waals surface area contributed by atoms with E-state index in [1.165, 1.54) is 0 Å². The molecule has 1 fully saturated rings. The van der Waals surface area contributed by atoms with E-state index in [2.05, 4.69) is 12.2 Å². The molecule has 1 heterocycles. The first kappa shape index (κ1) is 14.5. The average molecular weight is 282 g/mol. The molecule has 2 unspecified atom stereocenters. The molecular formula is C14H22N2O2S. The quantitative estimate of drug-likeness (QED) is 0.914. The summed E-state index contributed by atoms with van der Waals surface area (Å²) in [6, 6.07) is 9.13. The Balaban J connectivity index is 2.19. The molecule has 2 atom stereocenters. The maximum absolute atomic E-state index is 12.5. The number of hydrogen-bond acceptors (Lipinski definition) is 3. The molecule has 5 heteroatoms. The van der Waals surface area contributed by atoms with Crippen molar-refractivity contribution in [3.8, 4) is 0 Å². The highest BCUT2D eigenvalue weighted by atomic mass is 32.2. The minimum absolute atomic E-state index is 0.386. The number of benzene rings is 1. The van der Waals surface area contributed by atoms with Crippen molar-refractivity contribution in [1.29, 1.82) is 0 Å². The van der Waals surface area contributed by atoms with Crippen LogP contribution in [0.1, 0.15) is 19.8 Å². The van der Waals surface area contributed by atoms with E-state index in [9.17, 15) is 8.42 Å². The maximum atomic E-state index is 12.5. The van der Waals surface area contributed by atoms with Gasteiger partial charge in [-0.3, -0.25) is 0 Å². The van der Waals surface area contributed by atoms with Gasteiger partial charge in [0.05, 0.1) is 4.90 Å². The monoisotopic (exact) mass is 282 g/mol. The van der Waals surface area contributed by atoms with Crippen LogP contribution in [0.5, 0.6) is 0 Å². The second kappa shape index (κ2) is 6.03. The van der Waals surface area contributed by atoms with Crippen molar-refractivity contribution in [1.82, 2.24) is 9.62 Å². The third kappa shape index (κ3) is 2.99. The predicted molar refractivity (Wildman–Crippen MR) is 76.4 cm³/mol. The number of rotatable bonds is 4. The van der Waals surface area contributed by atoms with E-state index in [1.807, 2.05) is 13.1 Å². The van der Waals surface area contributed by atoms with Gasteiger partial charge in [0.2, 0.25) is 10.0 Å². The Bertz CT molecular complexity index is 501. The average Bonchev–Trinajstić information content (AvgIpc) is 2.47. The van der Waals surface area contributed by atoms with Crippen LogP contribution in [-0.2, 0) is 10.0 Å². The van der Waals surface area contributed by atoms with Gasteiger partial charge in [0.15, 0.2) is 0 Å². The molecule has 0 amide bonds. The molecule has 0 aliphatic carbocycles. The van der Waals surface area contributed by atoms with Crippen molar-refractivity contribution in [3.05, 3.63) is 30.3 Å². The zero-order chi connectivity index (χ0) is 13.9. The van der Waals surface area contributed by atoms with Gasteiger partial charge in [-0.25, -0.2) is 8.42 Å². The molecular weight excluding hydrogens is 260 g/mol. The number of nitrogens with one attached hydrogen (secondary N) is 1. The molecule has 1 aliphatic heterocycles. The smallest absolute Gasteiger partial charge is 0.243 e. The molecule has 0 spiro atoms. The Kier molecular flexibility index (Phi) is 4.60. The van der Waals surface area contributed by atoms with Crippen LogP contribution in [0, 0.1) is 5.92 Å². The Morgan fingerprint density at radius 3 is 2.58 bits per heavy atom. The third-order valence-electron chi connectivity index (χ3n) is 3.97. The molecule has 0 aromatic heterocycles. The highest BCUT2D eigenvalue weighted by molar-refractivity contribution is 7.89. The Labute approximate surface area is 115 Å². The second-order valence-electron chi connectivity index (χ2n) is 5.03. The van der Waals surface area contributed by atoms with Crippen LogP contribution < -0.4 is 5.32 Å². The van der Waals surface area contributed by atoms with Gasteiger partial charge in [0.1, 0.15) is 0 Å². The molecule has 0 radical (unpaired) electrons. The van der Waals surface area contributed by atoms with E-state index in [1.54, 1.807) is 28.6 Å². The number of sulfonamides is 1. The van der Waals surface area contributed by atoms with Crippen LogP contribution in [0.2, 0.25) is 0 Å². The molecule has 1 aliphatic rings. The van der Waals surface area contributed by atoms with E-state index in [-0.39, 0.29) is 0 Å². The maximum Gasteiger partial charge on any atom is 0.243 e. The van der Waals surface area contributed by atoms with E-state index < -0.39 is 10.0 Å². The molecule has 19 heavy (non-hydrogen) atoms. The van der Waals surface area contributed by atoms with Crippen LogP contribution in [0.25, 0.3) is 0 Å². The molecule has 1 aromatic rings. The summed E-state index contributed by atoms with van der Waals surface area (Å²) in [5.74, 6) is 0.386. The van der Waals surface area contributed by atoms with E-state index >= 15 is 0 Å². The summed E-state index contributed by atoms with van der Waals surface area (Å²) < 4.78 is 26.7. The van der Waals surface area contributed by atoms with Crippen LogP contribution >= 0.6 is 0 Å². The summed E-state index contributed by atoms with van der Waals surface area (Å²) in [7, 11) is -1.38. The topological polar surface area (TPSA) is 49.4 Å². The summed E-state index contributed by atoms with van der Waals surface area (Å²) in [5, 5.41) is 3.30. The largest absolute Gasteiger partial charge is 0.317 e. The Morgan fingerprint density at radius 2 is 2.00 bits per heavy atom. The van der Waals surface area contributed by atoms with Gasteiger partial charge in [0, 0.05) is 19.1 Å². The Hall–Kier alpha value is -0.910. The van der Waals surface area contributed by atoms with E-state index in [0.29, 0.717) is 29.9 Å². The fraction of sp³-hybridized carbons (Fsp3) is 0.571. The lowest BCUT2D eigenvalue weighted by molar-refractivity contribution is 0.209. The van der Waals surface area contributed by atoms with Crippen molar-refractivity contribution in [2.24, 2.45) is 5.92 Å². The molecule has 1 N–H and O–H groups in total. The standard InChI is InChI=1S/C14H22N2O2S/c1-3-12-11-16(10-9-14(12)15-2)19(17,18)13-7-5-4-6-8-13/h4-8,12,14-15H,3,9-11H2,1-2H3. The summed E-state index contributed by atoms with van der Waals surface area (Å²) in [6.45, 7) is 3.33. The van der Waals surface area contributed by atoms with Gasteiger partial charge < -0.3 is 5.32 Å². The normalized spacial score (nSPS) is 25.4. The second-order valence-corrected chi connectivity index (χ2v) is 6.97. The van der Waals surface area contributed by atoms with Gasteiger partial charge in [0.25, 0.3) is 0 Å². The Morgan fingerprint density at radius 1 is 1.32 bits per heavy atom. The molecule has 1 aromatic carbocycles. The van der Waals surface area contributed by atoms with Gasteiger partial charge in [-0.15, -0.1) is 0 Å². The lowest BCUT2D eigenvalue weighted by atomic mass is 9.91. The van der Waals surface area contributed by atoms with Gasteiger partial charge in [-0.05, 0) is 31.5 Å². The number of hydrogen-bond donors (Lipinski definition) is 1. The fourth-order valence-electron chi connectivity index (χ4n) is 2.75. The molecule has 0 bridgehead atoms. The predicted octanol–water partition coefficient (Wildman–Crippen LogP) is 1.70. The molecule has 1 saturated heterocycles. The summed E-state index contributed by atoms with van der Waals surface area (Å²) >= 11 is 0. The first-order chi connectivity index (χ1) is 9.09. The molecule has 106 valence electrons. The number of piperidine rings is 1. The molecule has 0 saturated carbocycles. The summed E-state index contributed by atoms with van der Waals surface area (Å²) in [6.07, 6.45) is 1.87. The van der Waals surface area contributed by atoms with Crippen molar-refractivity contribution < 1.29 is 8.42 Å². The van der Waals surface area contributed by atoms with E-state index in [0.717, 1.165) is 12.8 Å². The van der Waals surface area contributed by atoms with Crippen LogP contribution in [0.15, 0.2) is 35.2 Å². The number of nitrogens with zero attached hydrogens (tertiary/aromatic N) is 1. The highest BCUT2D eigenvalue weighted by Crippen LogP contribution is 2.25. The van der Waals surface area contributed by atoms with Crippen LogP contribution in [0.4, 0.5) is 0 Å². The molecule has 4 nitrogen and oxygen atoms in total. The van der Waals surface area contributed by atoms with Gasteiger partial charge >= 0.3 is 0 Å². The first-order valence-electron chi connectivity index (χ1n) is 6.82. The van der Waals surface area contributed by atoms with Crippen molar-refractivity contribution in [2.45, 2.75) is 30.7 Å². The van der Waals surface area contributed by atoms with Crippen molar-refractivity contribution >= 4 is 10.0 Å². The fourth-order valence-corrected chi connectivity index (χ4v) is 4.29. The highest BCUT2D eigenvalue weighted by Gasteiger charge is 2.33.